The Morgan fingerprint density at radius 2 is 1.95 bits per heavy atom. The number of hydrogen-bond donors (Lipinski definition) is 1. The molecule has 0 radical (unpaired) electrons. The molecule has 2 aliphatic heterocycles. The van der Waals surface area contributed by atoms with E-state index in [-0.39, 0.29) is 24.0 Å². The van der Waals surface area contributed by atoms with E-state index < -0.39 is 0 Å². The average Bonchev–Trinajstić information content (AvgIpc) is 2.95. The summed E-state index contributed by atoms with van der Waals surface area (Å²) in [6, 6.07) is -0.503. The van der Waals surface area contributed by atoms with Gasteiger partial charge in [0.15, 0.2) is 0 Å². The molecule has 1 amide bonds. The highest BCUT2D eigenvalue weighted by Gasteiger charge is 2.38. The molecule has 2 unspecified atom stereocenters. The largest absolute Gasteiger partial charge is 0.468 e. The summed E-state index contributed by atoms with van der Waals surface area (Å²) < 4.78 is 4.78. The maximum Gasteiger partial charge on any atom is 0.322 e. The van der Waals surface area contributed by atoms with Gasteiger partial charge in [0.2, 0.25) is 5.91 Å². The first-order chi connectivity index (χ1) is 9.15. The van der Waals surface area contributed by atoms with Crippen LogP contribution in [0.3, 0.4) is 0 Å². The Hall–Kier alpha value is -1.14. The van der Waals surface area contributed by atoms with E-state index >= 15 is 0 Å². The van der Waals surface area contributed by atoms with Crippen molar-refractivity contribution >= 4 is 11.9 Å². The highest BCUT2D eigenvalue weighted by molar-refractivity contribution is 5.84. The van der Waals surface area contributed by atoms with E-state index in [9.17, 15) is 9.59 Å². The molecule has 1 N–H and O–H groups in total. The molecule has 0 bridgehead atoms. The normalized spacial score (nSPS) is 26.2. The fourth-order valence-corrected chi connectivity index (χ4v) is 2.92. The van der Waals surface area contributed by atoms with Crippen LogP contribution >= 0.6 is 0 Å². The molecule has 2 rings (SSSR count). The average molecular weight is 269 g/mol. The van der Waals surface area contributed by atoms with Gasteiger partial charge in [-0.05, 0) is 26.3 Å². The summed E-state index contributed by atoms with van der Waals surface area (Å²) >= 11 is 0. The van der Waals surface area contributed by atoms with Crippen molar-refractivity contribution in [2.24, 2.45) is 0 Å². The van der Waals surface area contributed by atoms with Crippen LogP contribution in [0.2, 0.25) is 0 Å². The van der Waals surface area contributed by atoms with Gasteiger partial charge < -0.3 is 15.0 Å². The van der Waals surface area contributed by atoms with E-state index in [1.54, 1.807) is 0 Å². The molecule has 6 nitrogen and oxygen atoms in total. The molecule has 2 atom stereocenters. The lowest BCUT2D eigenvalue weighted by atomic mass is 10.1. The Bertz CT molecular complexity index is 342. The number of amides is 1. The van der Waals surface area contributed by atoms with E-state index in [0.29, 0.717) is 0 Å². The van der Waals surface area contributed by atoms with E-state index in [1.807, 2.05) is 16.7 Å². The number of esters is 1. The molecule has 6 heteroatoms. The van der Waals surface area contributed by atoms with Crippen molar-refractivity contribution in [1.29, 1.82) is 0 Å². The van der Waals surface area contributed by atoms with Gasteiger partial charge in [-0.2, -0.15) is 0 Å². The molecular formula is C13H23N3O3. The van der Waals surface area contributed by atoms with Crippen LogP contribution in [-0.4, -0.2) is 73.6 Å². The van der Waals surface area contributed by atoms with Crippen LogP contribution in [0, 0.1) is 0 Å². The summed E-state index contributed by atoms with van der Waals surface area (Å²) in [7, 11) is 1.39. The van der Waals surface area contributed by atoms with Gasteiger partial charge in [0.1, 0.15) is 6.04 Å². The highest BCUT2D eigenvalue weighted by Crippen LogP contribution is 2.22. The molecule has 0 spiro atoms. The summed E-state index contributed by atoms with van der Waals surface area (Å²) in [5, 5.41) is 3.24. The predicted octanol–water partition coefficient (Wildman–Crippen LogP) is -0.556. The first-order valence-electron chi connectivity index (χ1n) is 6.98. The van der Waals surface area contributed by atoms with Gasteiger partial charge >= 0.3 is 5.97 Å². The van der Waals surface area contributed by atoms with Crippen LogP contribution in [-0.2, 0) is 14.3 Å². The van der Waals surface area contributed by atoms with Gasteiger partial charge in [-0.25, -0.2) is 0 Å². The Morgan fingerprint density at radius 1 is 1.26 bits per heavy atom. The first-order valence-corrected chi connectivity index (χ1v) is 6.98. The van der Waals surface area contributed by atoms with E-state index in [1.165, 1.54) is 7.11 Å². The number of carbonyl (C=O) groups is 2. The van der Waals surface area contributed by atoms with Crippen molar-refractivity contribution in [3.63, 3.8) is 0 Å². The number of likely N-dealkylation sites (tertiary alicyclic amines) is 1. The second-order valence-electron chi connectivity index (χ2n) is 5.17. The first kappa shape index (κ1) is 14.3. The maximum atomic E-state index is 12.5. The fourth-order valence-electron chi connectivity index (χ4n) is 2.92. The van der Waals surface area contributed by atoms with E-state index in [4.69, 9.17) is 4.74 Å². The van der Waals surface area contributed by atoms with Crippen LogP contribution < -0.4 is 5.32 Å². The van der Waals surface area contributed by atoms with Gasteiger partial charge in [0, 0.05) is 26.2 Å². The monoisotopic (exact) mass is 269 g/mol. The van der Waals surface area contributed by atoms with Gasteiger partial charge in [-0.15, -0.1) is 0 Å². The topological polar surface area (TPSA) is 61.9 Å². The Balaban J connectivity index is 2.01. The number of piperazine rings is 1. The molecule has 0 aromatic rings. The molecule has 0 aromatic heterocycles. The summed E-state index contributed by atoms with van der Waals surface area (Å²) in [5.74, 6) is -0.102. The standard InChI is InChI=1S/C13H23N3O3/c1-10(13(18)19-2)16-7-3-4-11(16)12(17)15-8-5-14-6-9-15/h10-11,14H,3-9H2,1-2H3. The zero-order chi connectivity index (χ0) is 13.8. The second kappa shape index (κ2) is 6.34. The van der Waals surface area contributed by atoms with Crippen molar-refractivity contribution < 1.29 is 14.3 Å². The molecular weight excluding hydrogens is 246 g/mol. The highest BCUT2D eigenvalue weighted by atomic mass is 16.5. The van der Waals surface area contributed by atoms with Crippen molar-refractivity contribution in [2.45, 2.75) is 31.8 Å². The molecule has 2 fully saturated rings. The zero-order valence-corrected chi connectivity index (χ0v) is 11.7. The third-order valence-electron chi connectivity index (χ3n) is 4.05. The predicted molar refractivity (Wildman–Crippen MR) is 70.7 cm³/mol. The van der Waals surface area contributed by atoms with Crippen molar-refractivity contribution in [2.75, 3.05) is 39.8 Å². The van der Waals surface area contributed by atoms with Crippen molar-refractivity contribution in [1.82, 2.24) is 15.1 Å². The van der Waals surface area contributed by atoms with Crippen molar-refractivity contribution in [3.8, 4) is 0 Å². The minimum absolute atomic E-state index is 0.160. The lowest BCUT2D eigenvalue weighted by Crippen LogP contribution is -2.54. The summed E-state index contributed by atoms with van der Waals surface area (Å²) in [6.07, 6.45) is 1.80. The summed E-state index contributed by atoms with van der Waals surface area (Å²) in [5.41, 5.74) is 0. The number of hydrogen-bond acceptors (Lipinski definition) is 5. The molecule has 108 valence electrons. The smallest absolute Gasteiger partial charge is 0.322 e. The number of nitrogens with one attached hydrogen (secondary N) is 1. The lowest BCUT2D eigenvalue weighted by molar-refractivity contribution is -0.148. The molecule has 19 heavy (non-hydrogen) atoms. The molecule has 2 saturated heterocycles. The van der Waals surface area contributed by atoms with Gasteiger partial charge in [-0.1, -0.05) is 0 Å². The zero-order valence-electron chi connectivity index (χ0n) is 11.7. The van der Waals surface area contributed by atoms with Crippen LogP contribution in [0.25, 0.3) is 0 Å². The Morgan fingerprint density at radius 3 is 2.58 bits per heavy atom. The molecule has 2 heterocycles. The van der Waals surface area contributed by atoms with Gasteiger partial charge in [-0.3, -0.25) is 14.5 Å². The van der Waals surface area contributed by atoms with Crippen LogP contribution in [0.15, 0.2) is 0 Å². The number of carbonyl (C=O) groups excluding carboxylic acids is 2. The second-order valence-corrected chi connectivity index (χ2v) is 5.17. The van der Waals surface area contributed by atoms with Crippen LogP contribution in [0.1, 0.15) is 19.8 Å². The summed E-state index contributed by atoms with van der Waals surface area (Å²) in [6.45, 7) is 5.83. The molecule has 0 aliphatic carbocycles. The molecule has 0 saturated carbocycles. The molecule has 2 aliphatic rings. The van der Waals surface area contributed by atoms with E-state index in [2.05, 4.69) is 5.32 Å². The number of rotatable bonds is 3. The number of ether oxygens (including phenoxy) is 1. The lowest BCUT2D eigenvalue weighted by Gasteiger charge is -2.34. The van der Waals surface area contributed by atoms with Gasteiger partial charge in [0.05, 0.1) is 13.2 Å². The van der Waals surface area contributed by atoms with E-state index in [0.717, 1.165) is 45.6 Å². The third kappa shape index (κ3) is 3.06. The Kier molecular flexibility index (Phi) is 4.76. The number of nitrogens with zero attached hydrogens (tertiary/aromatic N) is 2. The van der Waals surface area contributed by atoms with Crippen LogP contribution in [0.5, 0.6) is 0 Å². The summed E-state index contributed by atoms with van der Waals surface area (Å²) in [4.78, 5) is 28.1. The third-order valence-corrected chi connectivity index (χ3v) is 4.05. The fraction of sp³-hybridized carbons (Fsp3) is 0.846. The minimum atomic E-state index is -0.343. The Labute approximate surface area is 114 Å². The maximum absolute atomic E-state index is 12.5. The molecule has 0 aromatic carbocycles. The number of methoxy groups -OCH3 is 1. The van der Waals surface area contributed by atoms with Crippen molar-refractivity contribution in [3.05, 3.63) is 0 Å². The SMILES string of the molecule is COC(=O)C(C)N1CCCC1C(=O)N1CCNCC1. The quantitative estimate of drug-likeness (QED) is 0.696. The van der Waals surface area contributed by atoms with Gasteiger partial charge in [0.25, 0.3) is 0 Å². The minimum Gasteiger partial charge on any atom is -0.468 e. The van der Waals surface area contributed by atoms with Crippen LogP contribution in [0.4, 0.5) is 0 Å².